The second kappa shape index (κ2) is 10.0. The van der Waals surface area contributed by atoms with Crippen LogP contribution >= 0.6 is 31.9 Å². The lowest BCUT2D eigenvalue weighted by atomic mass is 9.71. The molecule has 0 aromatic carbocycles. The summed E-state index contributed by atoms with van der Waals surface area (Å²) in [5.41, 5.74) is 0.441. The Morgan fingerprint density at radius 1 is 1.18 bits per heavy atom. The summed E-state index contributed by atoms with van der Waals surface area (Å²) in [6.45, 7) is 11.3. The number of hydrogen-bond donors (Lipinski definition) is 1. The maximum absolute atomic E-state index is 10.4. The van der Waals surface area contributed by atoms with Crippen molar-refractivity contribution in [2.24, 2.45) is 11.3 Å². The molecule has 1 aliphatic rings. The summed E-state index contributed by atoms with van der Waals surface area (Å²) in [4.78, 5) is 2.74. The number of aliphatic hydroxyl groups excluding tert-OH is 1. The van der Waals surface area contributed by atoms with Crippen LogP contribution in [0.15, 0.2) is 0 Å². The van der Waals surface area contributed by atoms with E-state index in [9.17, 15) is 5.11 Å². The molecule has 1 fully saturated rings. The predicted octanol–water partition coefficient (Wildman–Crippen LogP) is 5.21. The van der Waals surface area contributed by atoms with Gasteiger partial charge in [-0.25, -0.2) is 0 Å². The zero-order valence-electron chi connectivity index (χ0n) is 14.8. The van der Waals surface area contributed by atoms with E-state index < -0.39 is 0 Å². The molecular formula is C18H35Br2NO. The van der Waals surface area contributed by atoms with E-state index in [4.69, 9.17) is 0 Å². The lowest BCUT2D eigenvalue weighted by Gasteiger charge is -2.42. The predicted molar refractivity (Wildman–Crippen MR) is 104 cm³/mol. The van der Waals surface area contributed by atoms with Crippen LogP contribution < -0.4 is 0 Å². The minimum absolute atomic E-state index is 0.192. The smallest absolute Gasteiger partial charge is 0.0792 e. The first-order chi connectivity index (χ1) is 10.3. The van der Waals surface area contributed by atoms with E-state index in [0.29, 0.717) is 11.5 Å². The van der Waals surface area contributed by atoms with Gasteiger partial charge in [-0.3, -0.25) is 4.90 Å². The molecule has 0 aliphatic heterocycles. The molecule has 1 aliphatic carbocycles. The van der Waals surface area contributed by atoms with E-state index in [1.807, 2.05) is 0 Å². The second-order valence-electron chi connectivity index (χ2n) is 7.93. The van der Waals surface area contributed by atoms with E-state index in [0.717, 1.165) is 37.2 Å². The van der Waals surface area contributed by atoms with Crippen molar-refractivity contribution in [3.05, 3.63) is 0 Å². The van der Waals surface area contributed by atoms with Crippen molar-refractivity contribution in [2.45, 2.75) is 83.2 Å². The van der Waals surface area contributed by atoms with Crippen LogP contribution in [-0.4, -0.2) is 45.4 Å². The van der Waals surface area contributed by atoms with E-state index >= 15 is 0 Å². The van der Waals surface area contributed by atoms with Crippen molar-refractivity contribution in [1.82, 2.24) is 4.90 Å². The van der Waals surface area contributed by atoms with Crippen molar-refractivity contribution in [2.75, 3.05) is 18.4 Å². The number of hydrogen-bond acceptors (Lipinski definition) is 2. The first-order valence-electron chi connectivity index (χ1n) is 8.91. The van der Waals surface area contributed by atoms with Crippen LogP contribution in [-0.2, 0) is 0 Å². The van der Waals surface area contributed by atoms with Gasteiger partial charge in [0.25, 0.3) is 0 Å². The van der Waals surface area contributed by atoms with Gasteiger partial charge in [-0.05, 0) is 56.4 Å². The van der Waals surface area contributed by atoms with Gasteiger partial charge in [0.15, 0.2) is 0 Å². The van der Waals surface area contributed by atoms with Crippen molar-refractivity contribution < 1.29 is 5.11 Å². The van der Waals surface area contributed by atoms with E-state index in [1.54, 1.807) is 0 Å². The fourth-order valence-corrected chi connectivity index (χ4v) is 5.17. The molecule has 0 aromatic rings. The van der Waals surface area contributed by atoms with Crippen LogP contribution in [0, 0.1) is 11.3 Å². The van der Waals surface area contributed by atoms with E-state index in [1.165, 1.54) is 25.7 Å². The summed E-state index contributed by atoms with van der Waals surface area (Å²) in [5.74, 6) is 0.856. The van der Waals surface area contributed by atoms with Gasteiger partial charge in [-0.2, -0.15) is 0 Å². The normalized spacial score (nSPS) is 26.2. The zero-order chi connectivity index (χ0) is 16.8. The second-order valence-corrected chi connectivity index (χ2v) is 9.90. The monoisotopic (exact) mass is 439 g/mol. The summed E-state index contributed by atoms with van der Waals surface area (Å²) in [7, 11) is 0. The molecule has 4 heteroatoms. The Morgan fingerprint density at radius 3 is 2.23 bits per heavy atom. The molecule has 0 spiro atoms. The highest BCUT2D eigenvalue weighted by molar-refractivity contribution is 9.10. The van der Waals surface area contributed by atoms with Crippen LogP contribution in [0.2, 0.25) is 0 Å². The molecule has 1 rings (SSSR count). The van der Waals surface area contributed by atoms with Crippen molar-refractivity contribution in [1.29, 1.82) is 0 Å². The van der Waals surface area contributed by atoms with Crippen LogP contribution in [0.25, 0.3) is 0 Å². The molecule has 0 bridgehead atoms. The Balaban J connectivity index is 2.54. The topological polar surface area (TPSA) is 23.5 Å². The maximum Gasteiger partial charge on any atom is 0.0792 e. The van der Waals surface area contributed by atoms with Gasteiger partial charge >= 0.3 is 0 Å². The third-order valence-electron chi connectivity index (χ3n) is 5.17. The van der Waals surface area contributed by atoms with Gasteiger partial charge in [-0.15, -0.1) is 0 Å². The lowest BCUT2D eigenvalue weighted by Crippen LogP contribution is -2.45. The Hall–Kier alpha value is 0.880. The van der Waals surface area contributed by atoms with Crippen LogP contribution in [0.4, 0.5) is 0 Å². The average molecular weight is 441 g/mol. The average Bonchev–Trinajstić information content (AvgIpc) is 2.46. The first-order valence-corrected chi connectivity index (χ1v) is 11.0. The fraction of sp³-hybridized carbons (Fsp3) is 1.00. The molecule has 0 aromatic heterocycles. The molecular weight excluding hydrogens is 406 g/mol. The quantitative estimate of drug-likeness (QED) is 0.523. The van der Waals surface area contributed by atoms with Crippen molar-refractivity contribution in [3.8, 4) is 0 Å². The summed E-state index contributed by atoms with van der Waals surface area (Å²) < 4.78 is 0. The number of rotatable bonds is 8. The highest BCUT2D eigenvalue weighted by atomic mass is 79.9. The first kappa shape index (κ1) is 20.9. The van der Waals surface area contributed by atoms with Crippen molar-refractivity contribution in [3.63, 3.8) is 0 Å². The van der Waals surface area contributed by atoms with Crippen LogP contribution in [0.1, 0.15) is 66.2 Å². The fourth-order valence-electron chi connectivity index (χ4n) is 3.67. The molecule has 0 saturated heterocycles. The summed E-state index contributed by atoms with van der Waals surface area (Å²) in [6, 6.07) is 0.664. The lowest BCUT2D eigenvalue weighted by molar-refractivity contribution is 0.0521. The summed E-state index contributed by atoms with van der Waals surface area (Å²) in [5, 5.41) is 11.4. The van der Waals surface area contributed by atoms with Gasteiger partial charge in [0.2, 0.25) is 0 Å². The van der Waals surface area contributed by atoms with E-state index in [2.05, 4.69) is 64.5 Å². The number of nitrogens with zero attached hydrogens (tertiary/aromatic N) is 1. The van der Waals surface area contributed by atoms with Gasteiger partial charge in [-0.1, -0.05) is 59.6 Å². The molecule has 22 heavy (non-hydrogen) atoms. The number of alkyl halides is 2. The maximum atomic E-state index is 10.4. The Bertz CT molecular complexity index is 298. The molecule has 0 heterocycles. The standard InChI is InChI=1S/C18H35Br2NO/c1-5-12-21(13-17(22)16(20)10-11-19)15-8-6-14(7-9-15)18(2,3)4/h14-17,22H,5-13H2,1-4H3. The third kappa shape index (κ3) is 6.78. The van der Waals surface area contributed by atoms with E-state index in [-0.39, 0.29) is 10.9 Å². The molecule has 1 N–H and O–H groups in total. The Morgan fingerprint density at radius 2 is 1.77 bits per heavy atom. The van der Waals surface area contributed by atoms with Gasteiger partial charge in [0.1, 0.15) is 0 Å². The highest BCUT2D eigenvalue weighted by Crippen LogP contribution is 2.39. The van der Waals surface area contributed by atoms with Crippen LogP contribution in [0.3, 0.4) is 0 Å². The Kier molecular flexibility index (Phi) is 9.51. The SMILES string of the molecule is CCCN(CC(O)C(Br)CCBr)C1CCC(C(C)(C)C)CC1. The summed E-state index contributed by atoms with van der Waals surface area (Å²) >= 11 is 7.10. The molecule has 2 nitrogen and oxygen atoms in total. The number of halogens is 2. The largest absolute Gasteiger partial charge is 0.391 e. The summed E-state index contributed by atoms with van der Waals surface area (Å²) in [6.07, 6.45) is 7.12. The van der Waals surface area contributed by atoms with Gasteiger partial charge < -0.3 is 5.11 Å². The minimum atomic E-state index is -0.274. The molecule has 0 amide bonds. The minimum Gasteiger partial charge on any atom is -0.391 e. The third-order valence-corrected chi connectivity index (χ3v) is 6.70. The molecule has 132 valence electrons. The van der Waals surface area contributed by atoms with Gasteiger partial charge in [0, 0.05) is 22.7 Å². The van der Waals surface area contributed by atoms with Gasteiger partial charge in [0.05, 0.1) is 6.10 Å². The highest BCUT2D eigenvalue weighted by Gasteiger charge is 2.32. The molecule has 2 unspecified atom stereocenters. The molecule has 0 radical (unpaired) electrons. The van der Waals surface area contributed by atoms with Crippen molar-refractivity contribution >= 4 is 31.9 Å². The zero-order valence-corrected chi connectivity index (χ0v) is 18.0. The van der Waals surface area contributed by atoms with Crippen LogP contribution in [0.5, 0.6) is 0 Å². The number of aliphatic hydroxyl groups is 1. The molecule has 2 atom stereocenters. The Labute approximate surface area is 154 Å². The molecule has 1 saturated carbocycles.